The molecule has 2 atom stereocenters. The third-order valence-electron chi connectivity index (χ3n) is 2.59. The number of aliphatic hydroxyl groups excluding tert-OH is 1. The molecule has 0 aromatic heterocycles. The van der Waals surface area contributed by atoms with Gasteiger partial charge in [-0.15, -0.1) is 0 Å². The van der Waals surface area contributed by atoms with Crippen LogP contribution in [0.15, 0.2) is 11.6 Å². The van der Waals surface area contributed by atoms with Crippen LogP contribution >= 0.6 is 0 Å². The Labute approximate surface area is 94.8 Å². The van der Waals surface area contributed by atoms with Crippen LogP contribution in [0.2, 0.25) is 0 Å². The lowest BCUT2D eigenvalue weighted by molar-refractivity contribution is 0.158. The summed E-state index contributed by atoms with van der Waals surface area (Å²) in [5, 5.41) is 12.8. The number of rotatable bonds is 8. The Morgan fingerprint density at radius 2 is 2.00 bits per heavy atom. The van der Waals surface area contributed by atoms with Gasteiger partial charge in [-0.05, 0) is 53.0 Å². The van der Waals surface area contributed by atoms with Crippen molar-refractivity contribution in [1.29, 1.82) is 0 Å². The van der Waals surface area contributed by atoms with Crippen molar-refractivity contribution < 1.29 is 5.11 Å². The van der Waals surface area contributed by atoms with Crippen LogP contribution in [0.25, 0.3) is 0 Å². The molecule has 0 aromatic rings. The van der Waals surface area contributed by atoms with E-state index in [1.807, 2.05) is 6.92 Å². The summed E-state index contributed by atoms with van der Waals surface area (Å²) in [6.45, 7) is 9.41. The van der Waals surface area contributed by atoms with Gasteiger partial charge >= 0.3 is 0 Å². The highest BCUT2D eigenvalue weighted by Crippen LogP contribution is 2.02. The van der Waals surface area contributed by atoms with Gasteiger partial charge in [0.05, 0.1) is 6.10 Å². The Kier molecular flexibility index (Phi) is 8.73. The van der Waals surface area contributed by atoms with Crippen LogP contribution in [-0.2, 0) is 0 Å². The molecule has 15 heavy (non-hydrogen) atoms. The lowest BCUT2D eigenvalue weighted by Gasteiger charge is -2.14. The van der Waals surface area contributed by atoms with E-state index < -0.39 is 0 Å². The maximum Gasteiger partial charge on any atom is 0.0549 e. The van der Waals surface area contributed by atoms with E-state index in [0.29, 0.717) is 6.04 Å². The Morgan fingerprint density at radius 3 is 2.53 bits per heavy atom. The van der Waals surface area contributed by atoms with Crippen molar-refractivity contribution in [1.82, 2.24) is 5.32 Å². The Morgan fingerprint density at radius 1 is 1.33 bits per heavy atom. The van der Waals surface area contributed by atoms with Crippen molar-refractivity contribution in [3.63, 3.8) is 0 Å². The average Bonchev–Trinajstić information content (AvgIpc) is 2.17. The highest BCUT2D eigenvalue weighted by atomic mass is 16.3. The van der Waals surface area contributed by atoms with E-state index in [9.17, 15) is 5.11 Å². The largest absolute Gasteiger partial charge is 0.393 e. The zero-order chi connectivity index (χ0) is 11.7. The highest BCUT2D eigenvalue weighted by Gasteiger charge is 2.02. The van der Waals surface area contributed by atoms with Gasteiger partial charge in [0.25, 0.3) is 0 Å². The molecule has 2 heteroatoms. The van der Waals surface area contributed by atoms with E-state index in [1.54, 1.807) is 0 Å². The minimum Gasteiger partial charge on any atom is -0.393 e. The van der Waals surface area contributed by atoms with E-state index in [2.05, 4.69) is 32.2 Å². The summed E-state index contributed by atoms with van der Waals surface area (Å²) in [6, 6.07) is 0.546. The van der Waals surface area contributed by atoms with Gasteiger partial charge < -0.3 is 10.4 Å². The van der Waals surface area contributed by atoms with E-state index in [4.69, 9.17) is 0 Å². The van der Waals surface area contributed by atoms with Crippen molar-refractivity contribution in [3.8, 4) is 0 Å². The zero-order valence-electron chi connectivity index (χ0n) is 10.7. The Hall–Kier alpha value is -0.340. The molecule has 0 radical (unpaired) electrons. The standard InChI is InChI=1S/C13H27NO/c1-5-13(15)9-10-14-12(4)8-6-7-11(2)3/h7,12-15H,5-6,8-10H2,1-4H3. The number of hydrogen-bond acceptors (Lipinski definition) is 2. The van der Waals surface area contributed by atoms with Crippen LogP contribution in [0.1, 0.15) is 53.4 Å². The zero-order valence-corrected chi connectivity index (χ0v) is 10.7. The number of allylic oxidation sites excluding steroid dienone is 2. The predicted octanol–water partition coefficient (Wildman–Crippen LogP) is 2.87. The lowest BCUT2D eigenvalue weighted by Crippen LogP contribution is -2.28. The quantitative estimate of drug-likeness (QED) is 0.608. The topological polar surface area (TPSA) is 32.3 Å². The van der Waals surface area contributed by atoms with Gasteiger partial charge in [-0.1, -0.05) is 18.6 Å². The molecule has 90 valence electrons. The molecule has 0 saturated carbocycles. The average molecular weight is 213 g/mol. The van der Waals surface area contributed by atoms with Crippen molar-refractivity contribution >= 4 is 0 Å². The molecule has 2 N–H and O–H groups in total. The fraction of sp³-hybridized carbons (Fsp3) is 0.846. The van der Waals surface area contributed by atoms with Crippen molar-refractivity contribution in [2.75, 3.05) is 6.54 Å². The predicted molar refractivity (Wildman–Crippen MR) is 67.0 cm³/mol. The second-order valence-corrected chi connectivity index (χ2v) is 4.56. The van der Waals surface area contributed by atoms with Crippen molar-refractivity contribution in [2.24, 2.45) is 0 Å². The molecule has 0 amide bonds. The maximum atomic E-state index is 9.37. The first-order chi connectivity index (χ1) is 7.06. The van der Waals surface area contributed by atoms with Gasteiger partial charge in [0.1, 0.15) is 0 Å². The molecule has 0 spiro atoms. The van der Waals surface area contributed by atoms with Crippen LogP contribution in [0, 0.1) is 0 Å². The molecule has 0 heterocycles. The minimum absolute atomic E-state index is 0.137. The van der Waals surface area contributed by atoms with Gasteiger partial charge in [0.15, 0.2) is 0 Å². The smallest absolute Gasteiger partial charge is 0.0549 e. The highest BCUT2D eigenvalue weighted by molar-refractivity contribution is 4.93. The second-order valence-electron chi connectivity index (χ2n) is 4.56. The van der Waals surface area contributed by atoms with E-state index >= 15 is 0 Å². The molecule has 0 aliphatic heterocycles. The first kappa shape index (κ1) is 14.7. The fourth-order valence-electron chi connectivity index (χ4n) is 1.42. The van der Waals surface area contributed by atoms with Gasteiger partial charge in [-0.25, -0.2) is 0 Å². The van der Waals surface area contributed by atoms with Gasteiger partial charge in [0.2, 0.25) is 0 Å². The van der Waals surface area contributed by atoms with E-state index in [1.165, 1.54) is 12.0 Å². The third-order valence-corrected chi connectivity index (χ3v) is 2.59. The SMILES string of the molecule is CCC(O)CCNC(C)CCC=C(C)C. The molecule has 0 aliphatic rings. The normalized spacial score (nSPS) is 14.7. The summed E-state index contributed by atoms with van der Waals surface area (Å²) < 4.78 is 0. The van der Waals surface area contributed by atoms with E-state index in [0.717, 1.165) is 25.8 Å². The lowest BCUT2D eigenvalue weighted by atomic mass is 10.1. The van der Waals surface area contributed by atoms with Crippen LogP contribution in [0.3, 0.4) is 0 Å². The molecule has 0 saturated heterocycles. The minimum atomic E-state index is -0.137. The monoisotopic (exact) mass is 213 g/mol. The fourth-order valence-corrected chi connectivity index (χ4v) is 1.42. The first-order valence-electron chi connectivity index (χ1n) is 6.11. The Balaban J connectivity index is 3.41. The molecule has 0 aliphatic carbocycles. The molecular formula is C13H27NO. The molecule has 0 fully saturated rings. The van der Waals surface area contributed by atoms with Crippen LogP contribution < -0.4 is 5.32 Å². The van der Waals surface area contributed by atoms with Crippen LogP contribution in [-0.4, -0.2) is 23.8 Å². The summed E-state index contributed by atoms with van der Waals surface area (Å²) in [4.78, 5) is 0. The van der Waals surface area contributed by atoms with Gasteiger partial charge in [-0.3, -0.25) is 0 Å². The summed E-state index contributed by atoms with van der Waals surface area (Å²) >= 11 is 0. The maximum absolute atomic E-state index is 9.37. The summed E-state index contributed by atoms with van der Waals surface area (Å²) in [7, 11) is 0. The summed E-state index contributed by atoms with van der Waals surface area (Å²) in [6.07, 6.45) is 6.18. The first-order valence-corrected chi connectivity index (χ1v) is 6.11. The van der Waals surface area contributed by atoms with Crippen molar-refractivity contribution in [3.05, 3.63) is 11.6 Å². The van der Waals surface area contributed by atoms with Crippen LogP contribution in [0.5, 0.6) is 0 Å². The van der Waals surface area contributed by atoms with E-state index in [-0.39, 0.29) is 6.10 Å². The number of nitrogens with one attached hydrogen (secondary N) is 1. The molecule has 2 nitrogen and oxygen atoms in total. The molecule has 2 unspecified atom stereocenters. The number of hydrogen-bond donors (Lipinski definition) is 2. The van der Waals surface area contributed by atoms with Crippen molar-refractivity contribution in [2.45, 2.75) is 65.5 Å². The number of aliphatic hydroxyl groups is 1. The third kappa shape index (κ3) is 9.95. The molecule has 0 rings (SSSR count). The van der Waals surface area contributed by atoms with Crippen LogP contribution in [0.4, 0.5) is 0 Å². The van der Waals surface area contributed by atoms with Gasteiger partial charge in [0, 0.05) is 6.04 Å². The summed E-state index contributed by atoms with van der Waals surface area (Å²) in [5.74, 6) is 0. The second kappa shape index (κ2) is 8.93. The molecular weight excluding hydrogens is 186 g/mol. The Bertz CT molecular complexity index is 173. The molecule has 0 bridgehead atoms. The summed E-state index contributed by atoms with van der Waals surface area (Å²) in [5.41, 5.74) is 1.39. The molecule has 0 aromatic carbocycles. The van der Waals surface area contributed by atoms with Gasteiger partial charge in [-0.2, -0.15) is 0 Å².